The van der Waals surface area contributed by atoms with Gasteiger partial charge >= 0.3 is 6.03 Å². The summed E-state index contributed by atoms with van der Waals surface area (Å²) in [6.07, 6.45) is 5.32. The molecule has 1 aliphatic rings. The Morgan fingerprint density at radius 2 is 2.00 bits per heavy atom. The van der Waals surface area contributed by atoms with Crippen LogP contribution in [0.1, 0.15) is 6.42 Å². The van der Waals surface area contributed by atoms with E-state index >= 15 is 0 Å². The Morgan fingerprint density at radius 1 is 1.35 bits per heavy atom. The van der Waals surface area contributed by atoms with Gasteiger partial charge < -0.3 is 5.32 Å². The normalized spacial score (nSPS) is 19.1. The molecule has 2 rings (SSSR count). The van der Waals surface area contributed by atoms with Gasteiger partial charge in [0, 0.05) is 11.4 Å². The van der Waals surface area contributed by atoms with E-state index in [0.717, 1.165) is 4.90 Å². The molecular formula is C12H9ClN2O2. The Balaban J connectivity index is 2.28. The van der Waals surface area contributed by atoms with Crippen molar-refractivity contribution in [3.05, 3.63) is 29.3 Å². The van der Waals surface area contributed by atoms with E-state index in [1.165, 1.54) is 0 Å². The molecule has 0 spiro atoms. The number of hydrogen-bond donors (Lipinski definition) is 1. The molecule has 1 unspecified atom stereocenters. The Hall–Kier alpha value is -1.99. The molecule has 0 aliphatic carbocycles. The molecule has 0 saturated carbocycles. The van der Waals surface area contributed by atoms with Crippen molar-refractivity contribution in [2.75, 3.05) is 4.90 Å². The Morgan fingerprint density at radius 3 is 2.59 bits per heavy atom. The van der Waals surface area contributed by atoms with Crippen molar-refractivity contribution >= 4 is 29.2 Å². The summed E-state index contributed by atoms with van der Waals surface area (Å²) in [7, 11) is 0. The summed E-state index contributed by atoms with van der Waals surface area (Å²) >= 11 is 5.74. The first-order chi connectivity index (χ1) is 8.13. The molecule has 1 fully saturated rings. The van der Waals surface area contributed by atoms with Crippen molar-refractivity contribution in [1.29, 1.82) is 0 Å². The van der Waals surface area contributed by atoms with Crippen LogP contribution in [0.15, 0.2) is 24.3 Å². The summed E-state index contributed by atoms with van der Waals surface area (Å²) in [5.41, 5.74) is 0.483. The summed E-state index contributed by atoms with van der Waals surface area (Å²) in [6.45, 7) is 0. The number of carbonyl (C=O) groups is 2. The van der Waals surface area contributed by atoms with Crippen molar-refractivity contribution in [3.63, 3.8) is 0 Å². The molecule has 3 amide bonds. The number of benzene rings is 1. The topological polar surface area (TPSA) is 49.4 Å². The lowest BCUT2D eigenvalue weighted by molar-refractivity contribution is -0.118. The molecule has 1 N–H and O–H groups in total. The van der Waals surface area contributed by atoms with Crippen molar-refractivity contribution in [2.45, 2.75) is 12.5 Å². The largest absolute Gasteiger partial charge is 0.329 e. The maximum Gasteiger partial charge on any atom is 0.329 e. The number of carbonyl (C=O) groups excluding carboxylic acids is 2. The monoisotopic (exact) mass is 248 g/mol. The lowest BCUT2D eigenvalue weighted by Crippen LogP contribution is -2.31. The Bertz CT molecular complexity index is 504. The van der Waals surface area contributed by atoms with E-state index in [1.807, 2.05) is 0 Å². The van der Waals surface area contributed by atoms with Crippen molar-refractivity contribution in [1.82, 2.24) is 5.32 Å². The number of halogens is 1. The third-order valence-electron chi connectivity index (χ3n) is 2.43. The van der Waals surface area contributed by atoms with Crippen molar-refractivity contribution in [3.8, 4) is 12.3 Å². The number of amides is 3. The molecule has 1 aliphatic heterocycles. The van der Waals surface area contributed by atoms with E-state index in [2.05, 4.69) is 11.2 Å². The number of anilines is 1. The van der Waals surface area contributed by atoms with Crippen LogP contribution >= 0.6 is 11.6 Å². The summed E-state index contributed by atoms with van der Waals surface area (Å²) in [5, 5.41) is 3.07. The van der Waals surface area contributed by atoms with Gasteiger partial charge in [-0.1, -0.05) is 11.6 Å². The molecule has 1 aromatic carbocycles. The minimum atomic E-state index is -0.636. The molecular weight excluding hydrogens is 240 g/mol. The average Bonchev–Trinajstić information content (AvgIpc) is 2.57. The summed E-state index contributed by atoms with van der Waals surface area (Å²) in [6, 6.07) is 5.36. The SMILES string of the molecule is C#CCC1NC(=O)N(c2ccc(Cl)cc2)C1=O. The first kappa shape index (κ1) is 11.5. The van der Waals surface area contributed by atoms with E-state index in [0.29, 0.717) is 10.7 Å². The number of rotatable bonds is 2. The Labute approximate surface area is 104 Å². The molecule has 4 nitrogen and oxygen atoms in total. The van der Waals surface area contributed by atoms with Crippen LogP contribution in [0.2, 0.25) is 5.02 Å². The minimum absolute atomic E-state index is 0.189. The summed E-state index contributed by atoms with van der Waals surface area (Å²) < 4.78 is 0. The molecule has 17 heavy (non-hydrogen) atoms. The highest BCUT2D eigenvalue weighted by atomic mass is 35.5. The lowest BCUT2D eigenvalue weighted by atomic mass is 10.2. The highest BCUT2D eigenvalue weighted by Gasteiger charge is 2.38. The number of imide groups is 1. The number of terminal acetylenes is 1. The van der Waals surface area contributed by atoms with E-state index in [1.54, 1.807) is 24.3 Å². The van der Waals surface area contributed by atoms with Gasteiger partial charge in [0.2, 0.25) is 0 Å². The molecule has 86 valence electrons. The maximum absolute atomic E-state index is 11.9. The molecule has 5 heteroatoms. The summed E-state index contributed by atoms with van der Waals surface area (Å²) in [4.78, 5) is 24.6. The zero-order valence-electron chi connectivity index (χ0n) is 8.81. The van der Waals surface area contributed by atoms with Gasteiger partial charge in [0.25, 0.3) is 5.91 Å². The molecule has 1 heterocycles. The van der Waals surface area contributed by atoms with Gasteiger partial charge in [-0.3, -0.25) is 4.79 Å². The van der Waals surface area contributed by atoms with Crippen LogP contribution in [-0.4, -0.2) is 18.0 Å². The smallest absolute Gasteiger partial charge is 0.324 e. The van der Waals surface area contributed by atoms with Gasteiger partial charge in [-0.25, -0.2) is 9.69 Å². The fraction of sp³-hybridized carbons (Fsp3) is 0.167. The molecule has 0 bridgehead atoms. The molecule has 0 radical (unpaired) electrons. The first-order valence-electron chi connectivity index (χ1n) is 4.97. The van der Waals surface area contributed by atoms with Crippen molar-refractivity contribution < 1.29 is 9.59 Å². The van der Waals surface area contributed by atoms with Gasteiger partial charge in [-0.05, 0) is 24.3 Å². The number of hydrogen-bond acceptors (Lipinski definition) is 2. The third-order valence-corrected chi connectivity index (χ3v) is 2.68. The second kappa shape index (κ2) is 4.48. The molecule has 1 aromatic rings. The van der Waals surface area contributed by atoms with Gasteiger partial charge in [0.15, 0.2) is 0 Å². The van der Waals surface area contributed by atoms with Gasteiger partial charge in [0.05, 0.1) is 5.69 Å². The van der Waals surface area contributed by atoms with Crippen LogP contribution in [0.4, 0.5) is 10.5 Å². The average molecular weight is 249 g/mol. The van der Waals surface area contributed by atoms with E-state index in [9.17, 15) is 9.59 Å². The standard InChI is InChI=1S/C12H9ClN2O2/c1-2-3-10-11(16)15(12(17)14-10)9-6-4-8(13)5-7-9/h1,4-7,10H,3H2,(H,14,17). The molecule has 0 aromatic heterocycles. The zero-order chi connectivity index (χ0) is 12.4. The Kier molecular flexibility index (Phi) is 3.03. The van der Waals surface area contributed by atoms with Crippen LogP contribution in [0.25, 0.3) is 0 Å². The third kappa shape index (κ3) is 2.10. The highest BCUT2D eigenvalue weighted by Crippen LogP contribution is 2.22. The fourth-order valence-electron chi connectivity index (χ4n) is 1.62. The van der Waals surface area contributed by atoms with Crippen LogP contribution < -0.4 is 10.2 Å². The first-order valence-corrected chi connectivity index (χ1v) is 5.35. The van der Waals surface area contributed by atoms with Crippen molar-refractivity contribution in [2.24, 2.45) is 0 Å². The molecule has 1 saturated heterocycles. The van der Waals surface area contributed by atoms with Gasteiger partial charge in [-0.2, -0.15) is 0 Å². The van der Waals surface area contributed by atoms with Crippen LogP contribution in [-0.2, 0) is 4.79 Å². The fourth-order valence-corrected chi connectivity index (χ4v) is 1.75. The predicted octanol–water partition coefficient (Wildman–Crippen LogP) is 1.79. The minimum Gasteiger partial charge on any atom is -0.324 e. The quantitative estimate of drug-likeness (QED) is 0.641. The van der Waals surface area contributed by atoms with E-state index in [-0.39, 0.29) is 12.3 Å². The second-order valence-electron chi connectivity index (χ2n) is 3.56. The van der Waals surface area contributed by atoms with Crippen LogP contribution in [0.5, 0.6) is 0 Å². The van der Waals surface area contributed by atoms with E-state index < -0.39 is 12.1 Å². The summed E-state index contributed by atoms with van der Waals surface area (Å²) in [5.74, 6) is 2.02. The number of nitrogens with zero attached hydrogens (tertiary/aromatic N) is 1. The maximum atomic E-state index is 11.9. The number of nitrogens with one attached hydrogen (secondary N) is 1. The van der Waals surface area contributed by atoms with Crippen LogP contribution in [0, 0.1) is 12.3 Å². The zero-order valence-corrected chi connectivity index (χ0v) is 9.57. The van der Waals surface area contributed by atoms with Gasteiger partial charge in [0.1, 0.15) is 6.04 Å². The number of urea groups is 1. The highest BCUT2D eigenvalue weighted by molar-refractivity contribution is 6.30. The van der Waals surface area contributed by atoms with Crippen LogP contribution in [0.3, 0.4) is 0 Å². The predicted molar refractivity (Wildman–Crippen MR) is 64.7 cm³/mol. The lowest BCUT2D eigenvalue weighted by Gasteiger charge is -2.12. The second-order valence-corrected chi connectivity index (χ2v) is 4.00. The molecule has 1 atom stereocenters. The van der Waals surface area contributed by atoms with Gasteiger partial charge in [-0.15, -0.1) is 12.3 Å². The van der Waals surface area contributed by atoms with E-state index in [4.69, 9.17) is 18.0 Å².